The Labute approximate surface area is 197 Å². The first-order valence-electron chi connectivity index (χ1n) is 10.6. The highest BCUT2D eigenvalue weighted by Gasteiger charge is 2.26. The highest BCUT2D eigenvalue weighted by Crippen LogP contribution is 2.39. The van der Waals surface area contributed by atoms with Crippen LogP contribution in [0, 0.1) is 0 Å². The number of imidazole rings is 1. The highest BCUT2D eigenvalue weighted by molar-refractivity contribution is 6.36. The summed E-state index contributed by atoms with van der Waals surface area (Å²) in [6.07, 6.45) is 8.64. The lowest BCUT2D eigenvalue weighted by Crippen LogP contribution is -1.94. The van der Waals surface area contributed by atoms with Crippen molar-refractivity contribution in [1.29, 1.82) is 0 Å². The van der Waals surface area contributed by atoms with E-state index in [1.54, 1.807) is 13.2 Å². The van der Waals surface area contributed by atoms with E-state index < -0.39 is 0 Å². The molecule has 0 saturated heterocycles. The normalized spacial score (nSPS) is 13.6. The molecular formula is C27H22Cl2N2O. The third kappa shape index (κ3) is 4.45. The third-order valence-corrected chi connectivity index (χ3v) is 6.21. The predicted molar refractivity (Wildman–Crippen MR) is 133 cm³/mol. The molecule has 1 fully saturated rings. The smallest absolute Gasteiger partial charge is 0.133 e. The van der Waals surface area contributed by atoms with E-state index in [9.17, 15) is 0 Å². The molecule has 32 heavy (non-hydrogen) atoms. The summed E-state index contributed by atoms with van der Waals surface area (Å²) < 4.78 is 7.49. The molecule has 1 saturated carbocycles. The molecule has 0 atom stereocenters. The molecule has 4 aromatic rings. The zero-order valence-corrected chi connectivity index (χ0v) is 19.1. The summed E-state index contributed by atoms with van der Waals surface area (Å²) >= 11 is 12.5. The Morgan fingerprint density at radius 1 is 0.906 bits per heavy atom. The summed E-state index contributed by atoms with van der Waals surface area (Å²) in [6, 6.07) is 22.6. The van der Waals surface area contributed by atoms with Crippen LogP contribution >= 0.6 is 23.2 Å². The van der Waals surface area contributed by atoms with Crippen LogP contribution in [0.3, 0.4) is 0 Å². The number of nitrogens with zero attached hydrogens (tertiary/aromatic N) is 2. The SMILES string of the molecule is COc1ccc(-c2ccc(C=Cc3nc(-c4ccc(Cl)cc4Cl)cn3C3CC3)cc2)cc1. The van der Waals surface area contributed by atoms with Gasteiger partial charge in [-0.1, -0.05) is 65.7 Å². The lowest BCUT2D eigenvalue weighted by atomic mass is 10.0. The first-order valence-corrected chi connectivity index (χ1v) is 11.3. The number of rotatable bonds is 6. The molecule has 1 aliphatic carbocycles. The van der Waals surface area contributed by atoms with Gasteiger partial charge in [-0.3, -0.25) is 0 Å². The standard InChI is InChI=1S/C27H22Cl2N2O/c1-32-23-12-7-20(8-13-23)19-5-2-18(3-6-19)4-15-27-30-26(17-31(27)22-10-11-22)24-14-9-21(28)16-25(24)29/h2-9,12-17,22H,10-11H2,1H3. The Balaban J connectivity index is 1.39. The molecule has 1 aliphatic rings. The van der Waals surface area contributed by atoms with Gasteiger partial charge in [0.15, 0.2) is 0 Å². The van der Waals surface area contributed by atoms with Crippen molar-refractivity contribution in [3.8, 4) is 28.1 Å². The van der Waals surface area contributed by atoms with Crippen LogP contribution in [-0.4, -0.2) is 16.7 Å². The topological polar surface area (TPSA) is 27.1 Å². The number of aromatic nitrogens is 2. The van der Waals surface area contributed by atoms with E-state index in [-0.39, 0.29) is 0 Å². The van der Waals surface area contributed by atoms with Crippen LogP contribution in [0.1, 0.15) is 30.3 Å². The van der Waals surface area contributed by atoms with Crippen LogP contribution in [0.15, 0.2) is 72.9 Å². The molecule has 0 bridgehead atoms. The van der Waals surface area contributed by atoms with Gasteiger partial charge in [0.25, 0.3) is 0 Å². The molecule has 0 aliphatic heterocycles. The largest absolute Gasteiger partial charge is 0.497 e. The average molecular weight is 461 g/mol. The molecule has 1 aromatic heterocycles. The molecule has 3 nitrogen and oxygen atoms in total. The van der Waals surface area contributed by atoms with Gasteiger partial charge < -0.3 is 9.30 Å². The van der Waals surface area contributed by atoms with Gasteiger partial charge in [-0.05, 0) is 65.9 Å². The molecule has 160 valence electrons. The molecule has 0 spiro atoms. The summed E-state index contributed by atoms with van der Waals surface area (Å²) in [5.41, 5.74) is 5.22. The van der Waals surface area contributed by atoms with E-state index in [0.29, 0.717) is 16.1 Å². The lowest BCUT2D eigenvalue weighted by Gasteiger charge is -2.04. The second-order valence-electron chi connectivity index (χ2n) is 7.93. The van der Waals surface area contributed by atoms with Crippen LogP contribution in [-0.2, 0) is 0 Å². The first kappa shape index (κ1) is 20.9. The fourth-order valence-electron chi connectivity index (χ4n) is 3.74. The number of methoxy groups -OCH3 is 1. The molecular weight excluding hydrogens is 439 g/mol. The van der Waals surface area contributed by atoms with Gasteiger partial charge in [-0.15, -0.1) is 0 Å². The van der Waals surface area contributed by atoms with Crippen LogP contribution in [0.4, 0.5) is 0 Å². The average Bonchev–Trinajstić information content (AvgIpc) is 3.58. The van der Waals surface area contributed by atoms with E-state index >= 15 is 0 Å². The van der Waals surface area contributed by atoms with Gasteiger partial charge in [-0.2, -0.15) is 0 Å². The summed E-state index contributed by atoms with van der Waals surface area (Å²) in [7, 11) is 1.68. The van der Waals surface area contributed by atoms with E-state index in [0.717, 1.165) is 34.0 Å². The minimum atomic E-state index is 0.513. The van der Waals surface area contributed by atoms with Gasteiger partial charge in [0.1, 0.15) is 11.6 Å². The zero-order valence-electron chi connectivity index (χ0n) is 17.6. The minimum Gasteiger partial charge on any atom is -0.497 e. The summed E-state index contributed by atoms with van der Waals surface area (Å²) in [4.78, 5) is 4.87. The molecule has 0 unspecified atom stereocenters. The Morgan fingerprint density at radius 2 is 1.59 bits per heavy atom. The Kier molecular flexibility index (Phi) is 5.77. The molecule has 0 radical (unpaired) electrons. The molecule has 1 heterocycles. The molecule has 0 N–H and O–H groups in total. The van der Waals surface area contributed by atoms with Crippen molar-refractivity contribution in [2.24, 2.45) is 0 Å². The van der Waals surface area contributed by atoms with Crippen molar-refractivity contribution in [2.45, 2.75) is 18.9 Å². The van der Waals surface area contributed by atoms with Crippen LogP contribution in [0.25, 0.3) is 34.5 Å². The predicted octanol–water partition coefficient (Wildman–Crippen LogP) is 8.04. The van der Waals surface area contributed by atoms with Gasteiger partial charge in [0.05, 0.1) is 17.8 Å². The molecule has 3 aromatic carbocycles. The maximum absolute atomic E-state index is 6.42. The number of hydrogen-bond acceptors (Lipinski definition) is 2. The van der Waals surface area contributed by atoms with E-state index in [1.165, 1.54) is 18.4 Å². The molecule has 5 rings (SSSR count). The van der Waals surface area contributed by atoms with Gasteiger partial charge >= 0.3 is 0 Å². The number of halogens is 2. The Hall–Kier alpha value is -3.01. The van der Waals surface area contributed by atoms with E-state index in [1.807, 2.05) is 24.3 Å². The second-order valence-corrected chi connectivity index (χ2v) is 8.77. The van der Waals surface area contributed by atoms with Gasteiger partial charge in [0.2, 0.25) is 0 Å². The monoisotopic (exact) mass is 460 g/mol. The summed E-state index contributed by atoms with van der Waals surface area (Å²) in [6.45, 7) is 0. The quantitative estimate of drug-likeness (QED) is 0.291. The van der Waals surface area contributed by atoms with Crippen LogP contribution < -0.4 is 4.74 Å². The molecule has 5 heteroatoms. The van der Waals surface area contributed by atoms with Gasteiger partial charge in [0, 0.05) is 22.8 Å². The number of benzene rings is 3. The maximum atomic E-state index is 6.42. The van der Waals surface area contributed by atoms with Gasteiger partial charge in [-0.25, -0.2) is 4.98 Å². The lowest BCUT2D eigenvalue weighted by molar-refractivity contribution is 0.415. The Bertz CT molecular complexity index is 1270. The molecule has 0 amide bonds. The minimum absolute atomic E-state index is 0.513. The van der Waals surface area contributed by atoms with Crippen molar-refractivity contribution in [3.05, 3.63) is 94.4 Å². The summed E-state index contributed by atoms with van der Waals surface area (Å²) in [5, 5.41) is 1.24. The first-order chi connectivity index (χ1) is 15.6. The van der Waals surface area contributed by atoms with Crippen LogP contribution in [0.5, 0.6) is 5.75 Å². The maximum Gasteiger partial charge on any atom is 0.133 e. The van der Waals surface area contributed by atoms with E-state index in [4.69, 9.17) is 32.9 Å². The summed E-state index contributed by atoms with van der Waals surface area (Å²) in [5.74, 6) is 1.80. The van der Waals surface area contributed by atoms with Crippen molar-refractivity contribution >= 4 is 35.4 Å². The zero-order chi connectivity index (χ0) is 22.1. The van der Waals surface area contributed by atoms with Crippen molar-refractivity contribution in [2.75, 3.05) is 7.11 Å². The number of ether oxygens (including phenoxy) is 1. The fraction of sp³-hybridized carbons (Fsp3) is 0.148. The fourth-order valence-corrected chi connectivity index (χ4v) is 4.25. The van der Waals surface area contributed by atoms with Crippen molar-refractivity contribution in [3.63, 3.8) is 0 Å². The van der Waals surface area contributed by atoms with Crippen molar-refractivity contribution in [1.82, 2.24) is 9.55 Å². The number of hydrogen-bond donors (Lipinski definition) is 0. The van der Waals surface area contributed by atoms with Crippen LogP contribution in [0.2, 0.25) is 10.0 Å². The van der Waals surface area contributed by atoms with E-state index in [2.05, 4.69) is 59.3 Å². The highest BCUT2D eigenvalue weighted by atomic mass is 35.5. The van der Waals surface area contributed by atoms with Crippen molar-refractivity contribution < 1.29 is 4.74 Å². The third-order valence-electron chi connectivity index (χ3n) is 5.67. The second kappa shape index (κ2) is 8.85. The Morgan fingerprint density at radius 3 is 2.22 bits per heavy atom.